The standard InChI is InChI=1S/C24H29ClFN7O3/c1-11(2)17-19(18(12(3)4)28-10-27-17)33-22-15(7-16(26)20(25)29-22)21(30-23(33)34)31-8-14(6)32(24(35)36)9-13(31)5/h7,10-14H,8-9H2,1-6H3,(H,35,36)/t13-,14+/m0/s1. The molecule has 1 saturated heterocycles. The maximum Gasteiger partial charge on any atom is 0.407 e. The highest BCUT2D eigenvalue weighted by atomic mass is 35.5. The highest BCUT2D eigenvalue weighted by molar-refractivity contribution is 6.30. The van der Waals surface area contributed by atoms with Crippen molar-refractivity contribution in [1.82, 2.24) is 29.4 Å². The number of piperazine rings is 1. The number of nitrogens with zero attached hydrogens (tertiary/aromatic N) is 7. The van der Waals surface area contributed by atoms with Crippen molar-refractivity contribution in [2.45, 2.75) is 65.5 Å². The number of pyridine rings is 1. The van der Waals surface area contributed by atoms with Gasteiger partial charge in [0.25, 0.3) is 0 Å². The fourth-order valence-corrected chi connectivity index (χ4v) is 4.81. The second kappa shape index (κ2) is 9.61. The van der Waals surface area contributed by atoms with Crippen LogP contribution in [0.1, 0.15) is 64.8 Å². The SMILES string of the molecule is CC(C)c1ncnc(C(C)C)c1-n1c(=O)nc(N2C[C@@H](C)N(C(=O)O)C[C@@H]2C)c2cc(F)c(Cl)nc21. The van der Waals surface area contributed by atoms with Crippen molar-refractivity contribution >= 4 is 34.5 Å². The van der Waals surface area contributed by atoms with Crippen molar-refractivity contribution in [2.75, 3.05) is 18.0 Å². The van der Waals surface area contributed by atoms with Crippen molar-refractivity contribution in [3.63, 3.8) is 0 Å². The van der Waals surface area contributed by atoms with Gasteiger partial charge in [-0.25, -0.2) is 33.5 Å². The summed E-state index contributed by atoms with van der Waals surface area (Å²) in [6.45, 7) is 11.9. The molecule has 0 radical (unpaired) electrons. The summed E-state index contributed by atoms with van der Waals surface area (Å²) in [7, 11) is 0. The smallest absolute Gasteiger partial charge is 0.407 e. The van der Waals surface area contributed by atoms with Gasteiger partial charge in [0, 0.05) is 25.2 Å². The van der Waals surface area contributed by atoms with E-state index in [0.29, 0.717) is 17.1 Å². The molecule has 36 heavy (non-hydrogen) atoms. The monoisotopic (exact) mass is 517 g/mol. The van der Waals surface area contributed by atoms with Gasteiger partial charge in [-0.05, 0) is 31.7 Å². The molecular formula is C24H29ClFN7O3. The molecular weight excluding hydrogens is 489 g/mol. The largest absolute Gasteiger partial charge is 0.465 e. The topological polar surface area (TPSA) is 117 Å². The van der Waals surface area contributed by atoms with E-state index in [1.54, 1.807) is 6.92 Å². The molecule has 192 valence electrons. The first-order valence-corrected chi connectivity index (χ1v) is 12.2. The number of aromatic nitrogens is 5. The van der Waals surface area contributed by atoms with Gasteiger partial charge in [0.15, 0.2) is 16.6 Å². The highest BCUT2D eigenvalue weighted by Crippen LogP contribution is 2.33. The van der Waals surface area contributed by atoms with E-state index in [0.717, 1.165) is 0 Å². The zero-order valence-electron chi connectivity index (χ0n) is 21.0. The second-order valence-corrected chi connectivity index (χ2v) is 10.1. The third kappa shape index (κ3) is 4.36. The third-order valence-electron chi connectivity index (χ3n) is 6.46. The lowest BCUT2D eigenvalue weighted by Gasteiger charge is -2.43. The van der Waals surface area contributed by atoms with Crippen LogP contribution in [0.3, 0.4) is 0 Å². The lowest BCUT2D eigenvalue weighted by atomic mass is 10.0. The molecule has 1 amide bonds. The zero-order chi connectivity index (χ0) is 26.5. The molecule has 12 heteroatoms. The van der Waals surface area contributed by atoms with Crippen LogP contribution in [0, 0.1) is 5.82 Å². The van der Waals surface area contributed by atoms with Crippen molar-refractivity contribution < 1.29 is 14.3 Å². The van der Waals surface area contributed by atoms with E-state index < -0.39 is 17.6 Å². The number of fused-ring (bicyclic) bond motifs is 1. The summed E-state index contributed by atoms with van der Waals surface area (Å²) in [5, 5.41) is 9.43. The number of anilines is 1. The Balaban J connectivity index is 2.04. The Labute approximate surface area is 212 Å². The van der Waals surface area contributed by atoms with Crippen LogP contribution in [0.5, 0.6) is 0 Å². The molecule has 0 aromatic carbocycles. The molecule has 0 aliphatic carbocycles. The molecule has 0 unspecified atom stereocenters. The van der Waals surface area contributed by atoms with E-state index in [1.807, 2.05) is 39.5 Å². The van der Waals surface area contributed by atoms with E-state index in [9.17, 15) is 19.1 Å². The van der Waals surface area contributed by atoms with Crippen molar-refractivity contribution in [1.29, 1.82) is 0 Å². The number of carboxylic acid groups (broad SMARTS) is 1. The average Bonchev–Trinajstić information content (AvgIpc) is 2.80. The van der Waals surface area contributed by atoms with Crippen LogP contribution in [0.4, 0.5) is 15.0 Å². The fraction of sp³-hybridized carbons (Fsp3) is 0.500. The van der Waals surface area contributed by atoms with E-state index >= 15 is 0 Å². The quantitative estimate of drug-likeness (QED) is 0.512. The molecule has 3 aromatic rings. The van der Waals surface area contributed by atoms with Gasteiger partial charge in [-0.1, -0.05) is 39.3 Å². The molecule has 2 atom stereocenters. The van der Waals surface area contributed by atoms with E-state index in [4.69, 9.17) is 11.6 Å². The molecule has 10 nitrogen and oxygen atoms in total. The Kier molecular flexibility index (Phi) is 6.87. The number of hydrogen-bond acceptors (Lipinski definition) is 7. The van der Waals surface area contributed by atoms with Crippen LogP contribution >= 0.6 is 11.6 Å². The normalized spacial score (nSPS) is 18.5. The van der Waals surface area contributed by atoms with Gasteiger partial charge in [-0.15, -0.1) is 0 Å². The molecule has 4 rings (SSSR count). The minimum absolute atomic E-state index is 0.0528. The number of rotatable bonds is 4. The lowest BCUT2D eigenvalue weighted by Crippen LogP contribution is -2.58. The maximum absolute atomic E-state index is 14.7. The molecule has 0 bridgehead atoms. The lowest BCUT2D eigenvalue weighted by molar-refractivity contribution is 0.114. The predicted molar refractivity (Wildman–Crippen MR) is 135 cm³/mol. The third-order valence-corrected chi connectivity index (χ3v) is 6.72. The summed E-state index contributed by atoms with van der Waals surface area (Å²) >= 11 is 6.11. The molecule has 1 fully saturated rings. The molecule has 0 spiro atoms. The highest BCUT2D eigenvalue weighted by Gasteiger charge is 2.35. The predicted octanol–water partition coefficient (Wildman–Crippen LogP) is 4.19. The minimum Gasteiger partial charge on any atom is -0.465 e. The Morgan fingerprint density at radius 3 is 2.25 bits per heavy atom. The Bertz CT molecular complexity index is 1370. The number of hydrogen-bond donors (Lipinski definition) is 1. The van der Waals surface area contributed by atoms with Gasteiger partial charge in [0.1, 0.15) is 12.1 Å². The van der Waals surface area contributed by atoms with Crippen LogP contribution in [0.15, 0.2) is 17.2 Å². The van der Waals surface area contributed by atoms with Crippen LogP contribution < -0.4 is 10.6 Å². The van der Waals surface area contributed by atoms with E-state index in [1.165, 1.54) is 21.9 Å². The Morgan fingerprint density at radius 1 is 1.08 bits per heavy atom. The zero-order valence-corrected chi connectivity index (χ0v) is 21.8. The van der Waals surface area contributed by atoms with Crippen LogP contribution in [-0.4, -0.2) is 65.8 Å². The van der Waals surface area contributed by atoms with Crippen molar-refractivity contribution in [3.05, 3.63) is 45.2 Å². The molecule has 4 heterocycles. The number of carbonyl (C=O) groups is 1. The summed E-state index contributed by atoms with van der Waals surface area (Å²) in [6, 6.07) is 0.530. The van der Waals surface area contributed by atoms with Crippen molar-refractivity contribution in [2.24, 2.45) is 0 Å². The second-order valence-electron chi connectivity index (χ2n) is 9.77. The van der Waals surface area contributed by atoms with Crippen LogP contribution in [-0.2, 0) is 0 Å². The van der Waals surface area contributed by atoms with Gasteiger partial charge in [-0.3, -0.25) is 0 Å². The Morgan fingerprint density at radius 2 is 1.69 bits per heavy atom. The first kappa shape index (κ1) is 25.7. The molecule has 3 aromatic heterocycles. The van der Waals surface area contributed by atoms with Crippen LogP contribution in [0.25, 0.3) is 16.7 Å². The first-order valence-electron chi connectivity index (χ1n) is 11.8. The van der Waals surface area contributed by atoms with Gasteiger partial charge in [-0.2, -0.15) is 4.98 Å². The molecule has 1 N–H and O–H groups in total. The average molecular weight is 518 g/mol. The number of halogens is 2. The molecule has 0 saturated carbocycles. The molecule has 1 aliphatic rings. The summed E-state index contributed by atoms with van der Waals surface area (Å²) in [6.07, 6.45) is 0.446. The van der Waals surface area contributed by atoms with Gasteiger partial charge >= 0.3 is 11.8 Å². The van der Waals surface area contributed by atoms with E-state index in [2.05, 4.69) is 19.9 Å². The van der Waals surface area contributed by atoms with Gasteiger partial charge in [0.05, 0.1) is 22.5 Å². The minimum atomic E-state index is -1.02. The fourth-order valence-electron chi connectivity index (χ4n) is 4.67. The van der Waals surface area contributed by atoms with Crippen molar-refractivity contribution in [3.8, 4) is 5.69 Å². The van der Waals surface area contributed by atoms with Gasteiger partial charge < -0.3 is 14.9 Å². The van der Waals surface area contributed by atoms with E-state index in [-0.39, 0.29) is 59.0 Å². The van der Waals surface area contributed by atoms with Crippen LogP contribution in [0.2, 0.25) is 5.15 Å². The summed E-state index contributed by atoms with van der Waals surface area (Å²) < 4.78 is 16.1. The molecule has 1 aliphatic heterocycles. The summed E-state index contributed by atoms with van der Waals surface area (Å²) in [4.78, 5) is 46.0. The van der Waals surface area contributed by atoms with Gasteiger partial charge in [0.2, 0.25) is 0 Å². The number of amides is 1. The Hall–Kier alpha value is -3.34. The summed E-state index contributed by atoms with van der Waals surface area (Å²) in [5.74, 6) is -0.626. The first-order chi connectivity index (χ1) is 16.9. The maximum atomic E-state index is 14.7. The summed E-state index contributed by atoms with van der Waals surface area (Å²) in [5.41, 5.74) is 1.23.